The van der Waals surface area contributed by atoms with Crippen LogP contribution in [0.15, 0.2) is 14.4 Å². The first-order valence-corrected chi connectivity index (χ1v) is 16.0. The standard InChI is InChI=1S/C31H42N10O11/c1-15-34-20(23(44)29(50)38(15)4)26(47)32-10-12-41(13-11-33-27(48)21-24(45)30(51)39(5)16(2)35-21)14-18(8-7-9-19(42)43)37-28(49)22-25(46)31(52)40(6)17(3)36-22/h18,44-46H,7-14H2,1-6H3,(H,32,47)(H,33,48)(H,37,49)(H,42,43). The molecule has 1 unspecified atom stereocenters. The molecule has 0 fully saturated rings. The Labute approximate surface area is 295 Å². The van der Waals surface area contributed by atoms with Gasteiger partial charge in [-0.25, -0.2) is 15.0 Å². The lowest BCUT2D eigenvalue weighted by molar-refractivity contribution is -0.137. The van der Waals surface area contributed by atoms with Crippen molar-refractivity contribution in [3.8, 4) is 17.2 Å². The Morgan fingerprint density at radius 1 is 0.673 bits per heavy atom. The second kappa shape index (κ2) is 17.2. The zero-order valence-corrected chi connectivity index (χ0v) is 29.5. The number of aromatic nitrogens is 6. The van der Waals surface area contributed by atoms with E-state index in [0.717, 1.165) is 13.7 Å². The normalized spacial score (nSPS) is 11.7. The van der Waals surface area contributed by atoms with Gasteiger partial charge >= 0.3 is 5.97 Å². The molecule has 21 nitrogen and oxygen atoms in total. The van der Waals surface area contributed by atoms with Gasteiger partial charge in [-0.3, -0.25) is 52.2 Å². The van der Waals surface area contributed by atoms with E-state index in [1.807, 2.05) is 0 Å². The Morgan fingerprint density at radius 3 is 1.40 bits per heavy atom. The summed E-state index contributed by atoms with van der Waals surface area (Å²) in [6, 6.07) is -0.820. The Hall–Kier alpha value is -6.12. The van der Waals surface area contributed by atoms with Crippen LogP contribution in [0.5, 0.6) is 17.2 Å². The highest BCUT2D eigenvalue weighted by Crippen LogP contribution is 2.13. The number of amides is 3. The summed E-state index contributed by atoms with van der Waals surface area (Å²) in [5, 5.41) is 47.8. The Balaban J connectivity index is 1.85. The van der Waals surface area contributed by atoms with E-state index in [-0.39, 0.29) is 69.5 Å². The molecular weight excluding hydrogens is 688 g/mol. The van der Waals surface area contributed by atoms with E-state index >= 15 is 0 Å². The van der Waals surface area contributed by atoms with Gasteiger partial charge in [-0.05, 0) is 33.6 Å². The monoisotopic (exact) mass is 730 g/mol. The molecule has 0 bridgehead atoms. The minimum atomic E-state index is -1.08. The van der Waals surface area contributed by atoms with Gasteiger partial charge in [0, 0.05) is 66.3 Å². The fourth-order valence-corrected chi connectivity index (χ4v) is 4.96. The molecule has 52 heavy (non-hydrogen) atoms. The summed E-state index contributed by atoms with van der Waals surface area (Å²) in [7, 11) is 4.11. The van der Waals surface area contributed by atoms with Crippen LogP contribution < -0.4 is 32.6 Å². The fourth-order valence-electron chi connectivity index (χ4n) is 4.96. The Kier molecular flexibility index (Phi) is 13.3. The van der Waals surface area contributed by atoms with Gasteiger partial charge in [-0.15, -0.1) is 0 Å². The van der Waals surface area contributed by atoms with E-state index in [1.165, 1.54) is 41.9 Å². The first-order chi connectivity index (χ1) is 24.3. The molecule has 3 amide bonds. The number of hydrogen-bond donors (Lipinski definition) is 7. The largest absolute Gasteiger partial charge is 0.501 e. The molecule has 7 N–H and O–H groups in total. The molecule has 3 rings (SSSR count). The highest BCUT2D eigenvalue weighted by Gasteiger charge is 2.25. The molecule has 0 spiro atoms. The maximum absolute atomic E-state index is 13.3. The van der Waals surface area contributed by atoms with E-state index in [9.17, 15) is 54.0 Å². The molecule has 1 atom stereocenters. The molecule has 282 valence electrons. The van der Waals surface area contributed by atoms with Gasteiger partial charge in [-0.2, -0.15) is 0 Å². The third kappa shape index (κ3) is 9.56. The third-order valence-corrected chi connectivity index (χ3v) is 8.30. The maximum Gasteiger partial charge on any atom is 0.303 e. The zero-order valence-electron chi connectivity index (χ0n) is 29.5. The molecule has 0 aliphatic carbocycles. The van der Waals surface area contributed by atoms with Crippen molar-refractivity contribution in [2.75, 3.05) is 32.7 Å². The molecule has 0 aromatic carbocycles. The van der Waals surface area contributed by atoms with Crippen LogP contribution in [0.1, 0.15) is 68.2 Å². The second-order valence-corrected chi connectivity index (χ2v) is 11.9. The fraction of sp³-hybridized carbons (Fsp3) is 0.484. The number of nitrogens with zero attached hydrogens (tertiary/aromatic N) is 7. The molecule has 0 aliphatic heterocycles. The van der Waals surface area contributed by atoms with Crippen LogP contribution in [0.3, 0.4) is 0 Å². The quantitative estimate of drug-likeness (QED) is 0.0803. The number of hydrogen-bond acceptors (Lipinski definition) is 14. The van der Waals surface area contributed by atoms with Gasteiger partial charge in [0.05, 0.1) is 0 Å². The van der Waals surface area contributed by atoms with Gasteiger partial charge in [0.25, 0.3) is 34.4 Å². The number of aryl methyl sites for hydroxylation is 3. The number of carboxylic acids is 1. The molecule has 0 radical (unpaired) electrons. The first-order valence-electron chi connectivity index (χ1n) is 16.0. The highest BCUT2D eigenvalue weighted by atomic mass is 16.4. The van der Waals surface area contributed by atoms with E-state index in [4.69, 9.17) is 0 Å². The number of carbonyl (C=O) groups excluding carboxylic acids is 3. The van der Waals surface area contributed by atoms with Crippen molar-refractivity contribution in [3.05, 3.63) is 65.6 Å². The molecule has 0 saturated heterocycles. The number of carboxylic acid groups (broad SMARTS) is 1. The van der Waals surface area contributed by atoms with Crippen molar-refractivity contribution in [2.45, 2.75) is 46.1 Å². The molecule has 3 aromatic heterocycles. The summed E-state index contributed by atoms with van der Waals surface area (Å²) in [5.41, 5.74) is -4.03. The number of nitrogens with one attached hydrogen (secondary N) is 3. The lowest BCUT2D eigenvalue weighted by atomic mass is 10.1. The minimum absolute atomic E-state index is 0.0232. The molecule has 3 aromatic rings. The average molecular weight is 731 g/mol. The van der Waals surface area contributed by atoms with Crippen LogP contribution in [0, 0.1) is 20.8 Å². The van der Waals surface area contributed by atoms with Crippen LogP contribution in [0.4, 0.5) is 0 Å². The van der Waals surface area contributed by atoms with Gasteiger partial charge in [0.15, 0.2) is 17.1 Å². The Bertz CT molecular complexity index is 1970. The maximum atomic E-state index is 13.3. The summed E-state index contributed by atoms with van der Waals surface area (Å²) in [5.74, 6) is -5.82. The van der Waals surface area contributed by atoms with Crippen LogP contribution in [-0.2, 0) is 25.9 Å². The van der Waals surface area contributed by atoms with E-state index in [0.29, 0.717) is 0 Å². The molecule has 0 saturated carbocycles. The second-order valence-electron chi connectivity index (χ2n) is 11.9. The van der Waals surface area contributed by atoms with E-state index in [2.05, 4.69) is 30.9 Å². The SMILES string of the molecule is Cc1nc(C(=O)NCCN(CCNC(=O)c2nc(C)n(C)c(=O)c2O)CC(CCCC(=O)O)NC(=O)c2nc(C)n(C)c(=O)c2O)c(O)c(=O)n1C. The summed E-state index contributed by atoms with van der Waals surface area (Å²) in [6.45, 7) is 4.22. The molecule has 21 heteroatoms. The minimum Gasteiger partial charge on any atom is -0.501 e. The molecular formula is C31H42N10O11. The number of carbonyl (C=O) groups is 4. The van der Waals surface area contributed by atoms with Gasteiger partial charge in [0.1, 0.15) is 17.5 Å². The van der Waals surface area contributed by atoms with Crippen molar-refractivity contribution in [1.82, 2.24) is 49.5 Å². The van der Waals surface area contributed by atoms with Crippen molar-refractivity contribution >= 4 is 23.7 Å². The average Bonchev–Trinajstić information content (AvgIpc) is 3.09. The lowest BCUT2D eigenvalue weighted by Gasteiger charge is -2.28. The molecule has 0 aliphatic rings. The summed E-state index contributed by atoms with van der Waals surface area (Å²) < 4.78 is 3.18. The van der Waals surface area contributed by atoms with Crippen molar-refractivity contribution in [1.29, 1.82) is 0 Å². The predicted octanol–water partition coefficient (Wildman–Crippen LogP) is -2.47. The van der Waals surface area contributed by atoms with Crippen molar-refractivity contribution in [3.63, 3.8) is 0 Å². The number of aliphatic carboxylic acids is 1. The lowest BCUT2D eigenvalue weighted by Crippen LogP contribution is -2.48. The zero-order chi connectivity index (χ0) is 39.0. The van der Waals surface area contributed by atoms with Gasteiger partial charge in [0.2, 0.25) is 17.2 Å². The number of aromatic hydroxyl groups is 3. The summed E-state index contributed by atoms with van der Waals surface area (Å²) in [6.07, 6.45) is -0.0322. The van der Waals surface area contributed by atoms with Crippen molar-refractivity contribution < 1.29 is 39.6 Å². The van der Waals surface area contributed by atoms with Crippen LogP contribution in [-0.4, -0.2) is 116 Å². The highest BCUT2D eigenvalue weighted by molar-refractivity contribution is 5.95. The predicted molar refractivity (Wildman–Crippen MR) is 181 cm³/mol. The topological polar surface area (TPSA) is 293 Å². The van der Waals surface area contributed by atoms with E-state index < -0.39 is 80.7 Å². The van der Waals surface area contributed by atoms with Crippen LogP contribution >= 0.6 is 0 Å². The van der Waals surface area contributed by atoms with Gasteiger partial charge in [-0.1, -0.05) is 0 Å². The van der Waals surface area contributed by atoms with Crippen LogP contribution in [0.2, 0.25) is 0 Å². The third-order valence-electron chi connectivity index (χ3n) is 8.30. The summed E-state index contributed by atoms with van der Waals surface area (Å²) in [4.78, 5) is 101. The van der Waals surface area contributed by atoms with E-state index in [1.54, 1.807) is 4.90 Å². The smallest absolute Gasteiger partial charge is 0.303 e. The molecule has 3 heterocycles. The van der Waals surface area contributed by atoms with Gasteiger partial charge < -0.3 is 36.4 Å². The van der Waals surface area contributed by atoms with Crippen LogP contribution in [0.25, 0.3) is 0 Å². The first kappa shape index (κ1) is 40.3. The summed E-state index contributed by atoms with van der Waals surface area (Å²) >= 11 is 0. The van der Waals surface area contributed by atoms with Crippen molar-refractivity contribution in [2.24, 2.45) is 21.1 Å². The Morgan fingerprint density at radius 2 is 1.04 bits per heavy atom. The number of rotatable bonds is 16.